The second-order valence-electron chi connectivity index (χ2n) is 5.79. The summed E-state index contributed by atoms with van der Waals surface area (Å²) in [6.45, 7) is 0. The second kappa shape index (κ2) is 6.34. The number of rotatable bonds is 3. The maximum absolute atomic E-state index is 12.5. The van der Waals surface area contributed by atoms with Gasteiger partial charge in [0.15, 0.2) is 0 Å². The van der Waals surface area contributed by atoms with Gasteiger partial charge in [-0.15, -0.1) is 11.3 Å². The first-order chi connectivity index (χ1) is 11.0. The maximum atomic E-state index is 12.5. The van der Waals surface area contributed by atoms with Gasteiger partial charge in [-0.2, -0.15) is 5.26 Å². The number of carbonyl (C=O) groups excluding carboxylic acids is 2. The number of anilines is 1. The van der Waals surface area contributed by atoms with E-state index in [0.717, 1.165) is 29.7 Å². The van der Waals surface area contributed by atoms with Crippen LogP contribution in [-0.2, 0) is 22.4 Å². The zero-order valence-electron chi connectivity index (χ0n) is 12.2. The van der Waals surface area contributed by atoms with Crippen molar-refractivity contribution in [2.75, 3.05) is 5.32 Å². The lowest BCUT2D eigenvalue weighted by molar-refractivity contribution is -0.313. The van der Waals surface area contributed by atoms with Gasteiger partial charge in [-0.1, -0.05) is 17.7 Å². The topological polar surface area (TPSA) is 93.0 Å². The van der Waals surface area contributed by atoms with Crippen molar-refractivity contribution in [3.8, 4) is 6.07 Å². The third-order valence-electron chi connectivity index (χ3n) is 4.40. The fourth-order valence-electron chi connectivity index (χ4n) is 3.21. The maximum Gasteiger partial charge on any atom is 0.229 e. The molecule has 0 aromatic carbocycles. The Labute approximate surface area is 142 Å². The summed E-state index contributed by atoms with van der Waals surface area (Å²) in [4.78, 5) is 24.9. The molecule has 2 aliphatic carbocycles. The molecule has 0 radical (unpaired) electrons. The van der Waals surface area contributed by atoms with Gasteiger partial charge < -0.3 is 15.2 Å². The number of nitrogens with zero attached hydrogens (tertiary/aromatic N) is 1. The number of amides is 1. The summed E-state index contributed by atoms with van der Waals surface area (Å²) < 4.78 is 0. The highest BCUT2D eigenvalue weighted by atomic mass is 35.5. The normalized spacial score (nSPS) is 22.9. The molecule has 0 unspecified atom stereocenters. The number of aryl methyl sites for hydroxylation is 1. The summed E-state index contributed by atoms with van der Waals surface area (Å²) in [5, 5.41) is 24.3. The number of fused-ring (bicyclic) bond motifs is 1. The summed E-state index contributed by atoms with van der Waals surface area (Å²) in [5.41, 5.74) is 1.53. The van der Waals surface area contributed by atoms with Gasteiger partial charge in [-0.25, -0.2) is 0 Å². The predicted molar refractivity (Wildman–Crippen MR) is 84.8 cm³/mol. The molecule has 1 amide bonds. The largest absolute Gasteiger partial charge is 0.550 e. The molecular formula is C16H14ClN2O3S-. The van der Waals surface area contributed by atoms with E-state index in [1.807, 2.05) is 0 Å². The molecule has 7 heteroatoms. The molecule has 23 heavy (non-hydrogen) atoms. The van der Waals surface area contributed by atoms with Gasteiger partial charge in [0.05, 0.1) is 11.5 Å². The van der Waals surface area contributed by atoms with E-state index < -0.39 is 23.7 Å². The summed E-state index contributed by atoms with van der Waals surface area (Å²) in [6.07, 6.45) is 4.78. The third-order valence-corrected chi connectivity index (χ3v) is 5.92. The molecule has 3 rings (SSSR count). The first kappa shape index (κ1) is 16.0. The molecule has 0 bridgehead atoms. The lowest BCUT2D eigenvalue weighted by atomic mass is 9.82. The molecule has 5 nitrogen and oxygen atoms in total. The number of carboxylic acid groups (broad SMARTS) is 1. The van der Waals surface area contributed by atoms with Gasteiger partial charge in [-0.05, 0) is 37.7 Å². The van der Waals surface area contributed by atoms with Crippen LogP contribution >= 0.6 is 22.9 Å². The lowest BCUT2D eigenvalue weighted by Crippen LogP contribution is -2.42. The van der Waals surface area contributed by atoms with Gasteiger partial charge in [0, 0.05) is 21.8 Å². The quantitative estimate of drug-likeness (QED) is 0.902. The number of nitriles is 1. The lowest BCUT2D eigenvalue weighted by Gasteiger charge is -2.29. The monoisotopic (exact) mass is 349 g/mol. The first-order valence-corrected chi connectivity index (χ1v) is 8.61. The van der Waals surface area contributed by atoms with Crippen LogP contribution in [0.5, 0.6) is 0 Å². The summed E-state index contributed by atoms with van der Waals surface area (Å²) in [7, 11) is 0. The average molecular weight is 350 g/mol. The highest BCUT2D eigenvalue weighted by molar-refractivity contribution is 7.16. The van der Waals surface area contributed by atoms with E-state index >= 15 is 0 Å². The molecule has 1 aromatic rings. The highest BCUT2D eigenvalue weighted by Gasteiger charge is 2.33. The van der Waals surface area contributed by atoms with Crippen molar-refractivity contribution in [2.45, 2.75) is 32.1 Å². The van der Waals surface area contributed by atoms with Crippen LogP contribution in [0.2, 0.25) is 0 Å². The van der Waals surface area contributed by atoms with Crippen LogP contribution in [0.4, 0.5) is 5.00 Å². The van der Waals surface area contributed by atoms with Crippen LogP contribution in [0.3, 0.4) is 0 Å². The third kappa shape index (κ3) is 2.99. The highest BCUT2D eigenvalue weighted by Crippen LogP contribution is 2.39. The van der Waals surface area contributed by atoms with Crippen molar-refractivity contribution in [3.05, 3.63) is 27.1 Å². The number of aliphatic carboxylic acids is 1. The van der Waals surface area contributed by atoms with E-state index in [1.54, 1.807) is 6.08 Å². The van der Waals surface area contributed by atoms with Crippen molar-refractivity contribution in [2.24, 2.45) is 11.8 Å². The van der Waals surface area contributed by atoms with E-state index in [9.17, 15) is 20.0 Å². The van der Waals surface area contributed by atoms with E-state index in [4.69, 9.17) is 11.6 Å². The van der Waals surface area contributed by atoms with Crippen molar-refractivity contribution in [1.82, 2.24) is 0 Å². The van der Waals surface area contributed by atoms with Crippen LogP contribution in [0.25, 0.3) is 0 Å². The van der Waals surface area contributed by atoms with Gasteiger partial charge >= 0.3 is 0 Å². The standard InChI is InChI=1S/C16H15ClN2O3S/c17-8-4-5-10(16(21)22)11(6-8)14(20)19-15-12(7-18)9-2-1-3-13(9)23-15/h4,10-11H,1-3,5-6H2,(H,19,20)(H,21,22)/p-1/t10-,11-/m0/s1. The van der Waals surface area contributed by atoms with Crippen LogP contribution < -0.4 is 10.4 Å². The molecule has 120 valence electrons. The molecule has 0 saturated carbocycles. The smallest absolute Gasteiger partial charge is 0.229 e. The zero-order valence-corrected chi connectivity index (χ0v) is 13.8. The number of thiophene rings is 1. The van der Waals surface area contributed by atoms with Crippen LogP contribution in [0, 0.1) is 23.2 Å². The summed E-state index contributed by atoms with van der Waals surface area (Å²) >= 11 is 7.38. The minimum atomic E-state index is -1.25. The van der Waals surface area contributed by atoms with Crippen molar-refractivity contribution < 1.29 is 14.7 Å². The van der Waals surface area contributed by atoms with E-state index in [1.165, 1.54) is 11.3 Å². The Kier molecular flexibility index (Phi) is 4.42. The molecule has 1 heterocycles. The van der Waals surface area contributed by atoms with Crippen LogP contribution in [-0.4, -0.2) is 11.9 Å². The average Bonchev–Trinajstić information content (AvgIpc) is 3.07. The number of halogens is 1. The Hall–Kier alpha value is -1.84. The fourth-order valence-corrected chi connectivity index (χ4v) is 4.70. The molecule has 2 aliphatic rings. The number of carbonyl (C=O) groups is 2. The van der Waals surface area contributed by atoms with Gasteiger partial charge in [-0.3, -0.25) is 4.79 Å². The molecular weight excluding hydrogens is 336 g/mol. The SMILES string of the molecule is N#Cc1c(NC(=O)[C@H]2CC(Cl)=CC[C@@H]2C(=O)[O-])sc2c1CCC2. The van der Waals surface area contributed by atoms with E-state index in [-0.39, 0.29) is 12.8 Å². The molecule has 0 fully saturated rings. The van der Waals surface area contributed by atoms with Crippen molar-refractivity contribution >= 4 is 39.8 Å². The zero-order chi connectivity index (χ0) is 16.6. The Morgan fingerprint density at radius 3 is 2.87 bits per heavy atom. The minimum Gasteiger partial charge on any atom is -0.550 e. The molecule has 0 spiro atoms. The number of carboxylic acids is 1. The Bertz CT molecular complexity index is 747. The van der Waals surface area contributed by atoms with Crippen molar-refractivity contribution in [1.29, 1.82) is 5.26 Å². The Morgan fingerprint density at radius 1 is 1.39 bits per heavy atom. The molecule has 2 atom stereocenters. The van der Waals surface area contributed by atoms with E-state index in [2.05, 4.69) is 11.4 Å². The van der Waals surface area contributed by atoms with Gasteiger partial charge in [0.2, 0.25) is 5.91 Å². The summed E-state index contributed by atoms with van der Waals surface area (Å²) in [5.74, 6) is -3.34. The van der Waals surface area contributed by atoms with E-state index in [0.29, 0.717) is 15.6 Å². The molecule has 0 aliphatic heterocycles. The molecule has 1 aromatic heterocycles. The summed E-state index contributed by atoms with van der Waals surface area (Å²) in [6, 6.07) is 2.16. The minimum absolute atomic E-state index is 0.180. The molecule has 1 N–H and O–H groups in total. The Morgan fingerprint density at radius 2 is 2.17 bits per heavy atom. The number of nitrogens with one attached hydrogen (secondary N) is 1. The number of allylic oxidation sites excluding steroid dienone is 2. The first-order valence-electron chi connectivity index (χ1n) is 7.42. The fraction of sp³-hybridized carbons (Fsp3) is 0.438. The molecule has 0 saturated heterocycles. The van der Waals surface area contributed by atoms with Crippen molar-refractivity contribution in [3.63, 3.8) is 0 Å². The Balaban J connectivity index is 1.83. The van der Waals surface area contributed by atoms with Crippen LogP contribution in [0.1, 0.15) is 35.3 Å². The second-order valence-corrected chi connectivity index (χ2v) is 7.38. The predicted octanol–water partition coefficient (Wildman–Crippen LogP) is 1.95. The van der Waals surface area contributed by atoms with Crippen LogP contribution in [0.15, 0.2) is 11.1 Å². The number of hydrogen-bond donors (Lipinski definition) is 1. The number of hydrogen-bond acceptors (Lipinski definition) is 5. The van der Waals surface area contributed by atoms with Gasteiger partial charge in [0.25, 0.3) is 0 Å². The van der Waals surface area contributed by atoms with Gasteiger partial charge in [0.1, 0.15) is 11.1 Å².